The number of rotatable bonds is 1. The summed E-state index contributed by atoms with van der Waals surface area (Å²) in [5, 5.41) is 9.85. The summed E-state index contributed by atoms with van der Waals surface area (Å²) >= 11 is -1.96. The molecule has 1 aliphatic carbocycles. The molecule has 1 heteroatoms. The first-order chi connectivity index (χ1) is 4.36. The fourth-order valence-electron chi connectivity index (χ4n) is 0.877. The van der Waals surface area contributed by atoms with E-state index in [0.29, 0.717) is 0 Å². The van der Waals surface area contributed by atoms with Gasteiger partial charge in [0.1, 0.15) is 0 Å². The van der Waals surface area contributed by atoms with Gasteiger partial charge in [-0.3, -0.25) is 0 Å². The van der Waals surface area contributed by atoms with E-state index in [2.05, 4.69) is 39.5 Å². The van der Waals surface area contributed by atoms with Gasteiger partial charge in [0.2, 0.25) is 0 Å². The molecule has 0 atom stereocenters. The molecule has 0 amide bonds. The molecular formula is C9H17Pt. The summed E-state index contributed by atoms with van der Waals surface area (Å²) in [5.74, 6) is 0. The van der Waals surface area contributed by atoms with Crippen molar-refractivity contribution in [2.75, 3.05) is 0 Å². The van der Waals surface area contributed by atoms with E-state index < -0.39 is 14.8 Å². The van der Waals surface area contributed by atoms with Crippen LogP contribution in [0.4, 0.5) is 0 Å². The molecule has 63 valence electrons. The van der Waals surface area contributed by atoms with Gasteiger partial charge in [-0.25, -0.2) is 0 Å². The quantitative estimate of drug-likeness (QED) is 0.691. The first kappa shape index (κ1) is 8.27. The molecule has 0 saturated carbocycles. The Morgan fingerprint density at radius 2 is 1.80 bits per heavy atom. The molecular weight excluding hydrogens is 303 g/mol. The van der Waals surface area contributed by atoms with Crippen molar-refractivity contribution in [1.29, 1.82) is 0 Å². The molecule has 0 saturated heterocycles. The van der Waals surface area contributed by atoms with Gasteiger partial charge in [0, 0.05) is 0 Å². The SMILES string of the molecule is [CH3][Pt]([CH3])([CH3])([CH3])[C]1=CC=CC1. The maximum absolute atomic E-state index is 2.46. The third-order valence-corrected chi connectivity index (χ3v) is 8.20. The summed E-state index contributed by atoms with van der Waals surface area (Å²) < 4.78 is 1.71. The van der Waals surface area contributed by atoms with E-state index in [1.54, 1.807) is 3.96 Å². The molecule has 1 aliphatic rings. The molecule has 0 aliphatic heterocycles. The molecule has 0 N–H and O–H groups in total. The van der Waals surface area contributed by atoms with E-state index in [1.165, 1.54) is 6.42 Å². The van der Waals surface area contributed by atoms with Crippen LogP contribution in [0.2, 0.25) is 21.3 Å². The Hall–Kier alpha value is 0.168. The van der Waals surface area contributed by atoms with Gasteiger partial charge in [0.15, 0.2) is 0 Å². The minimum absolute atomic E-state index is 1.22. The molecule has 0 heterocycles. The second kappa shape index (κ2) is 2.08. The van der Waals surface area contributed by atoms with Crippen LogP contribution in [0.1, 0.15) is 6.42 Å². The molecule has 0 bridgehead atoms. The fourth-order valence-corrected chi connectivity index (χ4v) is 4.73. The first-order valence-electron chi connectivity index (χ1n) is 3.14. The van der Waals surface area contributed by atoms with Gasteiger partial charge in [-0.2, -0.15) is 0 Å². The summed E-state index contributed by atoms with van der Waals surface area (Å²) in [7, 11) is 0. The van der Waals surface area contributed by atoms with Gasteiger partial charge >= 0.3 is 64.7 Å². The van der Waals surface area contributed by atoms with Gasteiger partial charge < -0.3 is 0 Å². The van der Waals surface area contributed by atoms with Crippen molar-refractivity contribution in [1.82, 2.24) is 0 Å². The molecule has 0 spiro atoms. The third-order valence-electron chi connectivity index (χ3n) is 1.52. The topological polar surface area (TPSA) is 0 Å². The van der Waals surface area contributed by atoms with Gasteiger partial charge in [-0.05, 0) is 0 Å². The van der Waals surface area contributed by atoms with Crippen LogP contribution < -0.4 is 0 Å². The van der Waals surface area contributed by atoms with Crippen LogP contribution in [0.25, 0.3) is 0 Å². The van der Waals surface area contributed by atoms with E-state index in [-0.39, 0.29) is 0 Å². The monoisotopic (exact) mass is 320 g/mol. The van der Waals surface area contributed by atoms with E-state index >= 15 is 0 Å². The van der Waals surface area contributed by atoms with Crippen LogP contribution in [0.3, 0.4) is 0 Å². The second-order valence-electron chi connectivity index (χ2n) is 3.74. The molecule has 0 radical (unpaired) electrons. The van der Waals surface area contributed by atoms with Crippen LogP contribution >= 0.6 is 0 Å². The average Bonchev–Trinajstić information content (AvgIpc) is 2.04. The Balaban J connectivity index is 2.87. The van der Waals surface area contributed by atoms with Gasteiger partial charge in [-0.15, -0.1) is 0 Å². The van der Waals surface area contributed by atoms with E-state index in [4.69, 9.17) is 0 Å². The Morgan fingerprint density at radius 3 is 2.00 bits per heavy atom. The zero-order chi connectivity index (χ0) is 7.85. The van der Waals surface area contributed by atoms with E-state index in [0.717, 1.165) is 0 Å². The van der Waals surface area contributed by atoms with Crippen molar-refractivity contribution in [3.63, 3.8) is 0 Å². The minimum atomic E-state index is -1.96. The molecule has 0 nitrogen and oxygen atoms in total. The molecule has 10 heavy (non-hydrogen) atoms. The summed E-state index contributed by atoms with van der Waals surface area (Å²) in [6.07, 6.45) is 7.98. The molecule has 0 aromatic carbocycles. The number of allylic oxidation sites excluding steroid dienone is 4. The molecule has 0 aromatic rings. The van der Waals surface area contributed by atoms with E-state index in [1.807, 2.05) is 0 Å². The van der Waals surface area contributed by atoms with Crippen molar-refractivity contribution in [2.45, 2.75) is 27.7 Å². The predicted octanol–water partition coefficient (Wildman–Crippen LogP) is 3.71. The molecule has 0 unspecified atom stereocenters. The van der Waals surface area contributed by atoms with Gasteiger partial charge in [0.25, 0.3) is 0 Å². The summed E-state index contributed by atoms with van der Waals surface area (Å²) in [6, 6.07) is 0. The van der Waals surface area contributed by atoms with Crippen LogP contribution in [0, 0.1) is 0 Å². The Kier molecular flexibility index (Phi) is 1.72. The standard InChI is InChI=1S/C5H5.4CH3.Pt/c1-2-4-5-3-1;;;;;/h1-3H,4H2;4*1H3;. The van der Waals surface area contributed by atoms with Crippen LogP contribution in [0.15, 0.2) is 22.2 Å². The van der Waals surface area contributed by atoms with Crippen molar-refractivity contribution in [3.8, 4) is 0 Å². The van der Waals surface area contributed by atoms with Crippen LogP contribution in [0.5, 0.6) is 0 Å². The van der Waals surface area contributed by atoms with E-state index in [9.17, 15) is 0 Å². The van der Waals surface area contributed by atoms with Gasteiger partial charge in [0.05, 0.1) is 0 Å². The number of hydrogen-bond donors (Lipinski definition) is 0. The summed E-state index contributed by atoms with van der Waals surface area (Å²) in [5.41, 5.74) is 0. The summed E-state index contributed by atoms with van der Waals surface area (Å²) in [4.78, 5) is 0. The Morgan fingerprint density at radius 1 is 1.20 bits per heavy atom. The molecule has 0 fully saturated rings. The van der Waals surface area contributed by atoms with Crippen molar-refractivity contribution >= 4 is 0 Å². The Labute approximate surface area is 64.9 Å². The third kappa shape index (κ3) is 1.82. The fraction of sp³-hybridized carbons (Fsp3) is 0.556. The van der Waals surface area contributed by atoms with Crippen molar-refractivity contribution < 1.29 is 14.8 Å². The maximum atomic E-state index is 2.46. The van der Waals surface area contributed by atoms with Crippen LogP contribution in [-0.2, 0) is 14.8 Å². The van der Waals surface area contributed by atoms with Crippen LogP contribution in [-0.4, -0.2) is 0 Å². The first-order valence-corrected chi connectivity index (χ1v) is 13.4. The van der Waals surface area contributed by atoms with Gasteiger partial charge in [-0.1, -0.05) is 0 Å². The predicted molar refractivity (Wildman–Crippen MR) is 45.3 cm³/mol. The second-order valence-corrected chi connectivity index (χ2v) is 23.4. The molecule has 1 rings (SSSR count). The number of hydrogen-bond acceptors (Lipinski definition) is 0. The Bertz CT molecular complexity index is 191. The zero-order valence-corrected chi connectivity index (χ0v) is 9.53. The summed E-state index contributed by atoms with van der Waals surface area (Å²) in [6.45, 7) is 0. The zero-order valence-electron chi connectivity index (χ0n) is 7.26. The van der Waals surface area contributed by atoms with Crippen molar-refractivity contribution in [3.05, 3.63) is 22.2 Å². The normalized spacial score (nSPS) is 22.0. The molecule has 0 aromatic heterocycles. The van der Waals surface area contributed by atoms with Crippen molar-refractivity contribution in [2.24, 2.45) is 0 Å². The average molecular weight is 320 g/mol.